The highest BCUT2D eigenvalue weighted by Gasteiger charge is 2.21. The van der Waals surface area contributed by atoms with Crippen molar-refractivity contribution in [3.8, 4) is 17.2 Å². The van der Waals surface area contributed by atoms with E-state index < -0.39 is 0 Å². The minimum absolute atomic E-state index is 0.139. The number of nitrogens with one attached hydrogen (secondary N) is 1. The smallest absolute Gasteiger partial charge is 0.232 e. The number of methoxy groups -OCH3 is 3. The van der Waals surface area contributed by atoms with E-state index in [2.05, 4.69) is 25.2 Å². The number of benzene rings is 2. The number of nitrogens with zero attached hydrogens (tertiary/aromatic N) is 4. The molecule has 0 spiro atoms. The van der Waals surface area contributed by atoms with E-state index in [0.29, 0.717) is 35.6 Å². The van der Waals surface area contributed by atoms with Crippen LogP contribution in [0.3, 0.4) is 0 Å². The first-order chi connectivity index (χ1) is 15.0. The van der Waals surface area contributed by atoms with E-state index in [9.17, 15) is 0 Å². The number of para-hydroxylation sites is 1. The van der Waals surface area contributed by atoms with Gasteiger partial charge in [0.1, 0.15) is 0 Å². The number of rotatable bonds is 9. The lowest BCUT2D eigenvalue weighted by molar-refractivity contribution is 0.238. The Morgan fingerprint density at radius 1 is 0.935 bits per heavy atom. The van der Waals surface area contributed by atoms with Gasteiger partial charge in [0.05, 0.1) is 27.4 Å². The van der Waals surface area contributed by atoms with Crippen molar-refractivity contribution in [1.82, 2.24) is 19.9 Å². The molecule has 2 aromatic carbocycles. The van der Waals surface area contributed by atoms with Gasteiger partial charge in [0.15, 0.2) is 17.3 Å². The summed E-state index contributed by atoms with van der Waals surface area (Å²) < 4.78 is 16.4. The van der Waals surface area contributed by atoms with Gasteiger partial charge in [0.25, 0.3) is 0 Å². The van der Waals surface area contributed by atoms with E-state index in [1.807, 2.05) is 56.4 Å². The van der Waals surface area contributed by atoms with E-state index in [0.717, 1.165) is 11.3 Å². The van der Waals surface area contributed by atoms with Crippen LogP contribution in [0.25, 0.3) is 0 Å². The van der Waals surface area contributed by atoms with Gasteiger partial charge in [-0.15, -0.1) is 0 Å². The Hall–Kier alpha value is -3.59. The standard InChI is InChI=1S/C22H28N6O3/c1-14(20-25-21(23)27-22(26-20)24-16-9-7-6-8-10-16)28(2)13-15-11-12-17(29-3)19(31-5)18(15)30-4/h6-12,14H,13H2,1-5H3,(H3,23,24,25,26,27). The third kappa shape index (κ3) is 5.13. The monoisotopic (exact) mass is 424 g/mol. The van der Waals surface area contributed by atoms with Gasteiger partial charge >= 0.3 is 0 Å². The van der Waals surface area contributed by atoms with Gasteiger partial charge < -0.3 is 25.3 Å². The van der Waals surface area contributed by atoms with Crippen LogP contribution < -0.4 is 25.3 Å². The summed E-state index contributed by atoms with van der Waals surface area (Å²) in [4.78, 5) is 15.2. The fourth-order valence-corrected chi connectivity index (χ4v) is 3.19. The van der Waals surface area contributed by atoms with Crippen LogP contribution >= 0.6 is 0 Å². The normalized spacial score (nSPS) is 11.8. The van der Waals surface area contributed by atoms with Crippen molar-refractivity contribution in [2.75, 3.05) is 39.4 Å². The molecule has 0 amide bonds. The summed E-state index contributed by atoms with van der Waals surface area (Å²) >= 11 is 0. The van der Waals surface area contributed by atoms with Gasteiger partial charge in [-0.25, -0.2) is 0 Å². The molecule has 1 atom stereocenters. The Bertz CT molecular complexity index is 1020. The number of ether oxygens (including phenoxy) is 3. The molecule has 0 saturated heterocycles. The minimum atomic E-state index is -0.139. The van der Waals surface area contributed by atoms with Crippen molar-refractivity contribution in [3.63, 3.8) is 0 Å². The van der Waals surface area contributed by atoms with E-state index in [1.165, 1.54) is 0 Å². The zero-order valence-corrected chi connectivity index (χ0v) is 18.4. The molecule has 1 heterocycles. The molecule has 31 heavy (non-hydrogen) atoms. The zero-order valence-electron chi connectivity index (χ0n) is 18.4. The zero-order chi connectivity index (χ0) is 22.4. The van der Waals surface area contributed by atoms with E-state index in [4.69, 9.17) is 19.9 Å². The van der Waals surface area contributed by atoms with Crippen LogP contribution in [-0.2, 0) is 6.54 Å². The fraction of sp³-hybridized carbons (Fsp3) is 0.318. The second kappa shape index (κ2) is 9.94. The molecule has 1 aromatic heterocycles. The molecule has 0 aliphatic heterocycles. The molecule has 0 bridgehead atoms. The summed E-state index contributed by atoms with van der Waals surface area (Å²) in [5.41, 5.74) is 7.76. The Morgan fingerprint density at radius 3 is 2.29 bits per heavy atom. The molecule has 0 aliphatic rings. The molecule has 0 fully saturated rings. The highest BCUT2D eigenvalue weighted by atomic mass is 16.5. The third-order valence-corrected chi connectivity index (χ3v) is 4.94. The van der Waals surface area contributed by atoms with Gasteiger partial charge in [0.2, 0.25) is 17.6 Å². The average Bonchev–Trinajstić information content (AvgIpc) is 2.78. The maximum absolute atomic E-state index is 5.95. The maximum atomic E-state index is 5.95. The molecular weight excluding hydrogens is 396 g/mol. The Kier molecular flexibility index (Phi) is 7.09. The van der Waals surface area contributed by atoms with Gasteiger partial charge in [0, 0.05) is 17.8 Å². The second-order valence-electron chi connectivity index (χ2n) is 6.95. The molecule has 3 rings (SSSR count). The first-order valence-corrected chi connectivity index (χ1v) is 9.78. The molecular formula is C22H28N6O3. The summed E-state index contributed by atoms with van der Waals surface area (Å²) in [5.74, 6) is 2.92. The quantitative estimate of drug-likeness (QED) is 0.534. The van der Waals surface area contributed by atoms with Crippen molar-refractivity contribution >= 4 is 17.6 Å². The SMILES string of the molecule is COc1ccc(CN(C)C(C)c2nc(N)nc(Nc3ccccc3)n2)c(OC)c1OC. The number of aromatic nitrogens is 3. The maximum Gasteiger partial charge on any atom is 0.232 e. The largest absolute Gasteiger partial charge is 0.493 e. The number of hydrogen-bond acceptors (Lipinski definition) is 9. The molecule has 1 unspecified atom stereocenters. The summed E-state index contributed by atoms with van der Waals surface area (Å²) in [6.07, 6.45) is 0. The molecule has 0 saturated carbocycles. The topological polar surface area (TPSA) is 108 Å². The van der Waals surface area contributed by atoms with Gasteiger partial charge in [-0.05, 0) is 32.2 Å². The van der Waals surface area contributed by atoms with Crippen molar-refractivity contribution in [1.29, 1.82) is 0 Å². The average molecular weight is 425 g/mol. The molecule has 3 N–H and O–H groups in total. The van der Waals surface area contributed by atoms with E-state index in [1.54, 1.807) is 21.3 Å². The number of hydrogen-bond donors (Lipinski definition) is 2. The number of nitrogen functional groups attached to an aromatic ring is 1. The van der Waals surface area contributed by atoms with Crippen LogP contribution in [0.1, 0.15) is 24.4 Å². The lowest BCUT2D eigenvalue weighted by Crippen LogP contribution is -2.25. The van der Waals surface area contributed by atoms with Crippen molar-refractivity contribution in [2.24, 2.45) is 0 Å². The van der Waals surface area contributed by atoms with Crippen LogP contribution in [0.4, 0.5) is 17.6 Å². The van der Waals surface area contributed by atoms with Crippen molar-refractivity contribution in [2.45, 2.75) is 19.5 Å². The van der Waals surface area contributed by atoms with Crippen molar-refractivity contribution < 1.29 is 14.2 Å². The fourth-order valence-electron chi connectivity index (χ4n) is 3.19. The Morgan fingerprint density at radius 2 is 1.65 bits per heavy atom. The van der Waals surface area contributed by atoms with Gasteiger partial charge in [-0.2, -0.15) is 15.0 Å². The van der Waals surface area contributed by atoms with Crippen LogP contribution in [0.15, 0.2) is 42.5 Å². The van der Waals surface area contributed by atoms with Crippen LogP contribution in [-0.4, -0.2) is 48.2 Å². The Balaban J connectivity index is 1.82. The highest BCUT2D eigenvalue weighted by Crippen LogP contribution is 2.40. The van der Waals surface area contributed by atoms with Crippen molar-refractivity contribution in [3.05, 3.63) is 53.9 Å². The Labute approximate surface area is 182 Å². The number of anilines is 3. The van der Waals surface area contributed by atoms with Gasteiger partial charge in [-0.3, -0.25) is 4.90 Å². The molecule has 164 valence electrons. The predicted molar refractivity (Wildman–Crippen MR) is 120 cm³/mol. The van der Waals surface area contributed by atoms with Crippen LogP contribution in [0, 0.1) is 0 Å². The van der Waals surface area contributed by atoms with Gasteiger partial charge in [-0.1, -0.05) is 24.3 Å². The molecule has 3 aromatic rings. The van der Waals surface area contributed by atoms with Crippen LogP contribution in [0.2, 0.25) is 0 Å². The van der Waals surface area contributed by atoms with E-state index >= 15 is 0 Å². The first-order valence-electron chi connectivity index (χ1n) is 9.78. The highest BCUT2D eigenvalue weighted by molar-refractivity contribution is 5.56. The van der Waals surface area contributed by atoms with Crippen LogP contribution in [0.5, 0.6) is 17.2 Å². The lowest BCUT2D eigenvalue weighted by atomic mass is 10.1. The third-order valence-electron chi connectivity index (χ3n) is 4.94. The minimum Gasteiger partial charge on any atom is -0.493 e. The number of nitrogens with two attached hydrogens (primary N) is 1. The first kappa shape index (κ1) is 22.1. The summed E-state index contributed by atoms with van der Waals surface area (Å²) in [7, 11) is 6.77. The predicted octanol–water partition coefficient (Wildman–Crippen LogP) is 3.42. The molecule has 9 nitrogen and oxygen atoms in total. The molecule has 0 aliphatic carbocycles. The molecule has 0 radical (unpaired) electrons. The summed E-state index contributed by atoms with van der Waals surface area (Å²) in [5, 5.41) is 3.16. The summed E-state index contributed by atoms with van der Waals surface area (Å²) in [6.45, 7) is 2.58. The summed E-state index contributed by atoms with van der Waals surface area (Å²) in [6, 6.07) is 13.3. The lowest BCUT2D eigenvalue weighted by Gasteiger charge is -2.25. The van der Waals surface area contributed by atoms with E-state index in [-0.39, 0.29) is 12.0 Å². The second-order valence-corrected chi connectivity index (χ2v) is 6.95. The molecule has 9 heteroatoms.